The molecular formula is C36H28O8. The lowest BCUT2D eigenvalue weighted by Gasteiger charge is -2.20. The monoisotopic (exact) mass is 588 g/mol. The number of aromatic hydroxyl groups is 2. The van der Waals surface area contributed by atoms with Gasteiger partial charge in [-0.2, -0.15) is 0 Å². The number of phenols is 2. The molecule has 0 aliphatic heterocycles. The second-order valence-corrected chi connectivity index (χ2v) is 9.76. The summed E-state index contributed by atoms with van der Waals surface area (Å²) < 4.78 is 17.3. The summed E-state index contributed by atoms with van der Waals surface area (Å²) in [7, 11) is 0. The number of esters is 1. The normalized spacial score (nSPS) is 10.7. The Bertz CT molecular complexity index is 1650. The SMILES string of the molecule is O=C(OC(COc1ccc(C(=O)c2ccccc2)c(O)c1)COc1ccc(C(=O)c2ccccc2)c(O)c1)c1ccccc1. The molecule has 0 saturated carbocycles. The highest BCUT2D eigenvalue weighted by molar-refractivity contribution is 6.11. The Kier molecular flexibility index (Phi) is 9.32. The van der Waals surface area contributed by atoms with Gasteiger partial charge in [-0.15, -0.1) is 0 Å². The maximum Gasteiger partial charge on any atom is 0.338 e. The van der Waals surface area contributed by atoms with E-state index >= 15 is 0 Å². The molecule has 44 heavy (non-hydrogen) atoms. The van der Waals surface area contributed by atoms with Crippen LogP contribution in [0.15, 0.2) is 127 Å². The van der Waals surface area contributed by atoms with Crippen molar-refractivity contribution in [1.29, 1.82) is 0 Å². The Morgan fingerprint density at radius 3 is 1.30 bits per heavy atom. The van der Waals surface area contributed by atoms with Gasteiger partial charge in [0.05, 0.1) is 16.7 Å². The molecule has 0 radical (unpaired) electrons. The smallest absolute Gasteiger partial charge is 0.338 e. The topological polar surface area (TPSA) is 119 Å². The Morgan fingerprint density at radius 1 is 0.523 bits per heavy atom. The largest absolute Gasteiger partial charge is 0.507 e. The van der Waals surface area contributed by atoms with E-state index in [-0.39, 0.29) is 58.9 Å². The van der Waals surface area contributed by atoms with Crippen LogP contribution in [0.5, 0.6) is 23.0 Å². The number of rotatable bonds is 12. The van der Waals surface area contributed by atoms with Gasteiger partial charge in [0.2, 0.25) is 0 Å². The molecule has 5 aromatic carbocycles. The van der Waals surface area contributed by atoms with Gasteiger partial charge in [0.25, 0.3) is 0 Å². The molecule has 0 spiro atoms. The van der Waals surface area contributed by atoms with Crippen LogP contribution in [-0.4, -0.2) is 47.1 Å². The zero-order valence-electron chi connectivity index (χ0n) is 23.5. The minimum absolute atomic E-state index is 0.118. The minimum atomic E-state index is -0.914. The van der Waals surface area contributed by atoms with Crippen LogP contribution in [0.4, 0.5) is 0 Å². The number of carbonyl (C=O) groups is 3. The second-order valence-electron chi connectivity index (χ2n) is 9.76. The zero-order chi connectivity index (χ0) is 30.9. The van der Waals surface area contributed by atoms with Gasteiger partial charge in [-0.05, 0) is 36.4 Å². The maximum absolute atomic E-state index is 12.8. The highest BCUT2D eigenvalue weighted by Crippen LogP contribution is 2.28. The van der Waals surface area contributed by atoms with Crippen LogP contribution in [0.1, 0.15) is 42.2 Å². The van der Waals surface area contributed by atoms with Crippen molar-refractivity contribution in [3.8, 4) is 23.0 Å². The first kappa shape index (κ1) is 29.6. The van der Waals surface area contributed by atoms with Crippen molar-refractivity contribution in [2.75, 3.05) is 13.2 Å². The molecule has 0 atom stereocenters. The average molecular weight is 589 g/mol. The summed E-state index contributed by atoms with van der Waals surface area (Å²) in [5, 5.41) is 21.1. The number of ether oxygens (including phenoxy) is 3. The van der Waals surface area contributed by atoms with Crippen LogP contribution in [0.25, 0.3) is 0 Å². The van der Waals surface area contributed by atoms with E-state index in [1.54, 1.807) is 91.0 Å². The molecule has 5 aromatic rings. The van der Waals surface area contributed by atoms with Gasteiger partial charge in [-0.25, -0.2) is 4.79 Å². The Morgan fingerprint density at radius 2 is 0.909 bits per heavy atom. The van der Waals surface area contributed by atoms with Crippen molar-refractivity contribution in [2.24, 2.45) is 0 Å². The summed E-state index contributed by atoms with van der Waals surface area (Å²) in [4.78, 5) is 38.3. The lowest BCUT2D eigenvalue weighted by molar-refractivity contribution is 0.00250. The summed E-state index contributed by atoms with van der Waals surface area (Å²) in [6.07, 6.45) is -0.914. The van der Waals surface area contributed by atoms with E-state index in [1.807, 2.05) is 0 Å². The van der Waals surface area contributed by atoms with E-state index in [2.05, 4.69) is 0 Å². The summed E-state index contributed by atoms with van der Waals surface area (Å²) in [5.41, 5.74) is 1.44. The van der Waals surface area contributed by atoms with E-state index in [0.29, 0.717) is 16.7 Å². The van der Waals surface area contributed by atoms with Crippen LogP contribution >= 0.6 is 0 Å². The van der Waals surface area contributed by atoms with Crippen LogP contribution in [0, 0.1) is 0 Å². The first-order valence-corrected chi connectivity index (χ1v) is 13.8. The lowest BCUT2D eigenvalue weighted by atomic mass is 10.0. The molecule has 0 aliphatic carbocycles. The van der Waals surface area contributed by atoms with Crippen LogP contribution < -0.4 is 9.47 Å². The quantitative estimate of drug-likeness (QED) is 0.130. The van der Waals surface area contributed by atoms with Crippen molar-refractivity contribution in [3.63, 3.8) is 0 Å². The van der Waals surface area contributed by atoms with E-state index in [1.165, 1.54) is 36.4 Å². The number of benzene rings is 5. The van der Waals surface area contributed by atoms with Crippen molar-refractivity contribution >= 4 is 17.5 Å². The number of hydrogen-bond donors (Lipinski definition) is 2. The molecule has 8 nitrogen and oxygen atoms in total. The maximum atomic E-state index is 12.8. The molecule has 0 fully saturated rings. The molecule has 8 heteroatoms. The molecular weight excluding hydrogens is 560 g/mol. The van der Waals surface area contributed by atoms with Gasteiger partial charge in [-0.1, -0.05) is 78.9 Å². The van der Waals surface area contributed by atoms with Gasteiger partial charge in [0.1, 0.15) is 36.2 Å². The van der Waals surface area contributed by atoms with E-state index in [0.717, 1.165) is 0 Å². The van der Waals surface area contributed by atoms with Gasteiger partial charge >= 0.3 is 5.97 Å². The van der Waals surface area contributed by atoms with Gasteiger partial charge in [0.15, 0.2) is 17.7 Å². The van der Waals surface area contributed by atoms with E-state index in [9.17, 15) is 24.6 Å². The Balaban J connectivity index is 1.28. The molecule has 0 aromatic heterocycles. The second kappa shape index (κ2) is 13.8. The van der Waals surface area contributed by atoms with Gasteiger partial charge < -0.3 is 24.4 Å². The predicted octanol–water partition coefficient (Wildman–Crippen LogP) is 6.24. The molecule has 220 valence electrons. The highest BCUT2D eigenvalue weighted by Gasteiger charge is 2.21. The molecule has 0 amide bonds. The Hall–Kier alpha value is -5.89. The molecule has 0 bridgehead atoms. The molecule has 0 saturated heterocycles. The van der Waals surface area contributed by atoms with E-state index < -0.39 is 12.1 Å². The van der Waals surface area contributed by atoms with Gasteiger partial charge in [-0.3, -0.25) is 9.59 Å². The van der Waals surface area contributed by atoms with Crippen LogP contribution in [-0.2, 0) is 4.74 Å². The van der Waals surface area contributed by atoms with Gasteiger partial charge in [0, 0.05) is 23.3 Å². The number of hydrogen-bond acceptors (Lipinski definition) is 8. The lowest BCUT2D eigenvalue weighted by Crippen LogP contribution is -2.31. The van der Waals surface area contributed by atoms with Crippen molar-refractivity contribution in [2.45, 2.75) is 6.10 Å². The summed E-state index contributed by atoms with van der Waals surface area (Å²) in [5.74, 6) is -1.29. The summed E-state index contributed by atoms with van der Waals surface area (Å²) >= 11 is 0. The van der Waals surface area contributed by atoms with Crippen molar-refractivity contribution < 1.29 is 38.8 Å². The number of carbonyl (C=O) groups excluding carboxylic acids is 3. The third-order valence-corrected chi connectivity index (χ3v) is 6.65. The molecule has 0 aliphatic rings. The average Bonchev–Trinajstić information content (AvgIpc) is 3.06. The third-order valence-electron chi connectivity index (χ3n) is 6.65. The van der Waals surface area contributed by atoms with E-state index in [4.69, 9.17) is 14.2 Å². The fraction of sp³-hybridized carbons (Fsp3) is 0.0833. The highest BCUT2D eigenvalue weighted by atomic mass is 16.6. The van der Waals surface area contributed by atoms with Crippen LogP contribution in [0.3, 0.4) is 0 Å². The standard InChI is InChI=1S/C36H28O8/c37-32-20-27(16-18-30(32)34(39)24-10-4-1-5-11-24)42-22-29(44-36(41)26-14-8-3-9-15-26)23-43-28-17-19-31(33(38)21-28)35(40)25-12-6-2-7-13-25/h1-21,29,37-38H,22-23H2. The number of ketones is 2. The fourth-order valence-electron chi connectivity index (χ4n) is 4.36. The molecule has 5 rings (SSSR count). The third kappa shape index (κ3) is 7.30. The fourth-order valence-corrected chi connectivity index (χ4v) is 4.36. The van der Waals surface area contributed by atoms with Crippen LogP contribution in [0.2, 0.25) is 0 Å². The van der Waals surface area contributed by atoms with Crippen molar-refractivity contribution in [1.82, 2.24) is 0 Å². The van der Waals surface area contributed by atoms with Crippen molar-refractivity contribution in [3.05, 3.63) is 155 Å². The molecule has 0 heterocycles. The predicted molar refractivity (Wildman–Crippen MR) is 163 cm³/mol. The zero-order valence-corrected chi connectivity index (χ0v) is 23.5. The summed E-state index contributed by atoms with van der Waals surface area (Å²) in [6.45, 7) is -0.304. The molecule has 0 unspecified atom stereocenters. The molecule has 2 N–H and O–H groups in total. The number of phenolic OH excluding ortho intramolecular Hbond substituents is 2. The Labute approximate surface area is 253 Å². The first-order valence-electron chi connectivity index (χ1n) is 13.8. The summed E-state index contributed by atoms with van der Waals surface area (Å²) in [6, 6.07) is 34.2. The first-order chi connectivity index (χ1) is 21.4. The minimum Gasteiger partial charge on any atom is -0.507 e.